The van der Waals surface area contributed by atoms with Crippen LogP contribution in [0.2, 0.25) is 0 Å². The molecule has 0 amide bonds. The molecule has 0 aliphatic carbocycles. The number of allylic oxidation sites excluding steroid dienone is 1. The molecule has 0 unspecified atom stereocenters. The number of hydrogen-bond acceptors (Lipinski definition) is 2. The third kappa shape index (κ3) is 2.91. The molecule has 2 nitrogen and oxygen atoms in total. The maximum absolute atomic E-state index is 4.03. The molecule has 0 fully saturated rings. The Balaban J connectivity index is 2.04. The monoisotopic (exact) mass is 292 g/mol. The summed E-state index contributed by atoms with van der Waals surface area (Å²) in [6.07, 6.45) is 5.01. The first-order valence-electron chi connectivity index (χ1n) is 5.79. The van der Waals surface area contributed by atoms with Gasteiger partial charge in [-0.05, 0) is 43.3 Å². The highest BCUT2D eigenvalue weighted by atomic mass is 79.9. The minimum Gasteiger partial charge on any atom is -0.365 e. The predicted molar refractivity (Wildman–Crippen MR) is 77.1 cm³/mol. The standard InChI is InChI=1S/C14H17BrN2/c1-3-7-16-11(2)10-17-8-6-12-9-13(15)4-5-14(12)17/h3-5,7,9,16H,2,6,8,10H2,1H3/b7-3-. The van der Waals surface area contributed by atoms with E-state index in [9.17, 15) is 0 Å². The molecule has 90 valence electrons. The lowest BCUT2D eigenvalue weighted by Gasteiger charge is -2.20. The zero-order chi connectivity index (χ0) is 12.3. The fourth-order valence-electron chi connectivity index (χ4n) is 2.08. The van der Waals surface area contributed by atoms with Gasteiger partial charge in [-0.2, -0.15) is 0 Å². The van der Waals surface area contributed by atoms with Crippen LogP contribution >= 0.6 is 15.9 Å². The van der Waals surface area contributed by atoms with Gasteiger partial charge in [0, 0.05) is 22.4 Å². The van der Waals surface area contributed by atoms with E-state index in [1.807, 2.05) is 19.2 Å². The molecule has 1 aromatic rings. The Morgan fingerprint density at radius 2 is 2.41 bits per heavy atom. The Kier molecular flexibility index (Phi) is 3.89. The fourth-order valence-corrected chi connectivity index (χ4v) is 2.49. The molecule has 0 aromatic heterocycles. The van der Waals surface area contributed by atoms with E-state index >= 15 is 0 Å². The van der Waals surface area contributed by atoms with Crippen molar-refractivity contribution in [3.8, 4) is 0 Å². The van der Waals surface area contributed by atoms with Gasteiger partial charge in [0.1, 0.15) is 0 Å². The minimum absolute atomic E-state index is 0.860. The number of hydrogen-bond donors (Lipinski definition) is 1. The van der Waals surface area contributed by atoms with Crippen LogP contribution in [0, 0.1) is 0 Å². The molecule has 1 N–H and O–H groups in total. The smallest absolute Gasteiger partial charge is 0.0573 e. The number of fused-ring (bicyclic) bond motifs is 1. The summed E-state index contributed by atoms with van der Waals surface area (Å²) in [5, 5.41) is 3.18. The van der Waals surface area contributed by atoms with Gasteiger partial charge < -0.3 is 10.2 Å². The van der Waals surface area contributed by atoms with Gasteiger partial charge in [0.25, 0.3) is 0 Å². The molecular weight excluding hydrogens is 276 g/mol. The molecule has 2 rings (SSSR count). The molecule has 1 heterocycles. The Morgan fingerprint density at radius 1 is 1.59 bits per heavy atom. The van der Waals surface area contributed by atoms with E-state index in [1.54, 1.807) is 0 Å². The van der Waals surface area contributed by atoms with Crippen molar-refractivity contribution < 1.29 is 0 Å². The van der Waals surface area contributed by atoms with Crippen LogP contribution in [-0.2, 0) is 6.42 Å². The molecule has 0 radical (unpaired) electrons. The van der Waals surface area contributed by atoms with Crippen LogP contribution in [0.5, 0.6) is 0 Å². The summed E-state index contributed by atoms with van der Waals surface area (Å²) in [6.45, 7) is 7.95. The maximum atomic E-state index is 4.03. The summed E-state index contributed by atoms with van der Waals surface area (Å²) in [4.78, 5) is 2.36. The Morgan fingerprint density at radius 3 is 3.18 bits per heavy atom. The van der Waals surface area contributed by atoms with Gasteiger partial charge in [-0.25, -0.2) is 0 Å². The number of rotatable bonds is 4. The first-order valence-corrected chi connectivity index (χ1v) is 6.59. The molecule has 0 atom stereocenters. The lowest BCUT2D eigenvalue weighted by atomic mass is 10.2. The van der Waals surface area contributed by atoms with E-state index in [0.717, 1.165) is 29.7 Å². The van der Waals surface area contributed by atoms with Crippen molar-refractivity contribution in [3.05, 3.63) is 52.8 Å². The average molecular weight is 293 g/mol. The second-order valence-electron chi connectivity index (χ2n) is 4.19. The molecule has 0 saturated heterocycles. The van der Waals surface area contributed by atoms with Crippen molar-refractivity contribution >= 4 is 21.6 Å². The van der Waals surface area contributed by atoms with Crippen LogP contribution in [0.25, 0.3) is 0 Å². The highest BCUT2D eigenvalue weighted by Gasteiger charge is 2.19. The third-order valence-electron chi connectivity index (χ3n) is 2.87. The third-order valence-corrected chi connectivity index (χ3v) is 3.36. The summed E-state index contributed by atoms with van der Waals surface area (Å²) >= 11 is 3.51. The quantitative estimate of drug-likeness (QED) is 0.914. The van der Waals surface area contributed by atoms with Crippen molar-refractivity contribution in [3.63, 3.8) is 0 Å². The summed E-state index contributed by atoms with van der Waals surface area (Å²) in [5.74, 6) is 0. The van der Waals surface area contributed by atoms with Crippen molar-refractivity contribution in [2.75, 3.05) is 18.0 Å². The molecule has 0 spiro atoms. The van der Waals surface area contributed by atoms with Gasteiger partial charge in [-0.1, -0.05) is 28.6 Å². The molecule has 0 bridgehead atoms. The normalized spacial score (nSPS) is 14.1. The largest absolute Gasteiger partial charge is 0.365 e. The van der Waals surface area contributed by atoms with Crippen molar-refractivity contribution in [1.82, 2.24) is 5.32 Å². The van der Waals surface area contributed by atoms with Crippen molar-refractivity contribution in [1.29, 1.82) is 0 Å². The topological polar surface area (TPSA) is 15.3 Å². The zero-order valence-electron chi connectivity index (χ0n) is 10.0. The van der Waals surface area contributed by atoms with Gasteiger partial charge in [-0.15, -0.1) is 0 Å². The Bertz CT molecular complexity index is 452. The van der Waals surface area contributed by atoms with E-state index in [4.69, 9.17) is 0 Å². The van der Waals surface area contributed by atoms with Crippen LogP contribution in [0.4, 0.5) is 5.69 Å². The predicted octanol–water partition coefficient (Wildman–Crippen LogP) is 3.45. The molecule has 17 heavy (non-hydrogen) atoms. The summed E-state index contributed by atoms with van der Waals surface area (Å²) < 4.78 is 1.16. The molecule has 0 saturated carbocycles. The summed E-state index contributed by atoms with van der Waals surface area (Å²) in [6, 6.07) is 6.48. The Hall–Kier alpha value is -1.22. The average Bonchev–Trinajstić information content (AvgIpc) is 2.69. The van der Waals surface area contributed by atoms with Crippen LogP contribution < -0.4 is 10.2 Å². The number of nitrogens with zero attached hydrogens (tertiary/aromatic N) is 1. The number of benzene rings is 1. The highest BCUT2D eigenvalue weighted by molar-refractivity contribution is 9.10. The van der Waals surface area contributed by atoms with E-state index in [-0.39, 0.29) is 0 Å². The van der Waals surface area contributed by atoms with E-state index in [2.05, 4.69) is 50.9 Å². The minimum atomic E-state index is 0.860. The lowest BCUT2D eigenvalue weighted by Crippen LogP contribution is -2.26. The van der Waals surface area contributed by atoms with Gasteiger partial charge in [0.05, 0.1) is 6.54 Å². The molecule has 1 aliphatic rings. The van der Waals surface area contributed by atoms with Gasteiger partial charge >= 0.3 is 0 Å². The Labute approximate surface area is 111 Å². The molecule has 1 aromatic carbocycles. The van der Waals surface area contributed by atoms with Crippen molar-refractivity contribution in [2.24, 2.45) is 0 Å². The van der Waals surface area contributed by atoms with Gasteiger partial charge in [0.15, 0.2) is 0 Å². The molecule has 3 heteroatoms. The van der Waals surface area contributed by atoms with Crippen LogP contribution in [-0.4, -0.2) is 13.1 Å². The summed E-state index contributed by atoms with van der Waals surface area (Å²) in [7, 11) is 0. The lowest BCUT2D eigenvalue weighted by molar-refractivity contribution is 0.844. The SMILES string of the molecule is C=C(CN1CCc2cc(Br)ccc21)N/C=C\C. The second-order valence-corrected chi connectivity index (χ2v) is 5.11. The van der Waals surface area contributed by atoms with E-state index in [0.29, 0.717) is 0 Å². The second kappa shape index (κ2) is 5.41. The fraction of sp³-hybridized carbons (Fsp3) is 0.286. The van der Waals surface area contributed by atoms with Gasteiger partial charge in [0.2, 0.25) is 0 Å². The zero-order valence-corrected chi connectivity index (χ0v) is 11.6. The molecule has 1 aliphatic heterocycles. The van der Waals surface area contributed by atoms with Crippen LogP contribution in [0.3, 0.4) is 0 Å². The number of nitrogens with one attached hydrogen (secondary N) is 1. The maximum Gasteiger partial charge on any atom is 0.0573 e. The van der Waals surface area contributed by atoms with Gasteiger partial charge in [-0.3, -0.25) is 0 Å². The first-order chi connectivity index (χ1) is 8.20. The van der Waals surface area contributed by atoms with Crippen LogP contribution in [0.15, 0.2) is 47.2 Å². The summed E-state index contributed by atoms with van der Waals surface area (Å²) in [5.41, 5.74) is 3.77. The number of anilines is 1. The molecular formula is C14H17BrN2. The number of halogens is 1. The van der Waals surface area contributed by atoms with E-state index in [1.165, 1.54) is 11.3 Å². The highest BCUT2D eigenvalue weighted by Crippen LogP contribution is 2.30. The first kappa shape index (κ1) is 12.2. The van der Waals surface area contributed by atoms with Crippen LogP contribution in [0.1, 0.15) is 12.5 Å². The van der Waals surface area contributed by atoms with Crippen molar-refractivity contribution in [2.45, 2.75) is 13.3 Å². The van der Waals surface area contributed by atoms with E-state index < -0.39 is 0 Å².